The van der Waals surface area contributed by atoms with Crippen molar-refractivity contribution in [3.63, 3.8) is 0 Å². The highest BCUT2D eigenvalue weighted by atomic mass is 79.9. The van der Waals surface area contributed by atoms with Gasteiger partial charge in [0.25, 0.3) is 5.91 Å². The summed E-state index contributed by atoms with van der Waals surface area (Å²) in [6, 6.07) is 11.6. The molecule has 0 radical (unpaired) electrons. The first-order valence-corrected chi connectivity index (χ1v) is 7.13. The number of furan rings is 1. The number of halogens is 1. The molecule has 0 spiro atoms. The zero-order valence-corrected chi connectivity index (χ0v) is 12.0. The van der Waals surface area contributed by atoms with Gasteiger partial charge < -0.3 is 9.32 Å². The SMILES string of the molecule is O=C(c1ccccc1Br)N(Cc1ccco1)C1CC1. The molecule has 0 atom stereocenters. The average molecular weight is 320 g/mol. The highest BCUT2D eigenvalue weighted by Crippen LogP contribution is 2.31. The monoisotopic (exact) mass is 319 g/mol. The van der Waals surface area contributed by atoms with E-state index < -0.39 is 0 Å². The molecule has 1 amide bonds. The van der Waals surface area contributed by atoms with Crippen molar-refractivity contribution >= 4 is 21.8 Å². The maximum absolute atomic E-state index is 12.6. The molecule has 0 N–H and O–H groups in total. The van der Waals surface area contributed by atoms with Crippen molar-refractivity contribution in [3.8, 4) is 0 Å². The molecule has 1 aromatic carbocycles. The van der Waals surface area contributed by atoms with Gasteiger partial charge in [0.2, 0.25) is 0 Å². The van der Waals surface area contributed by atoms with Crippen LogP contribution in [0, 0.1) is 0 Å². The Hall–Kier alpha value is -1.55. The standard InChI is InChI=1S/C15H14BrNO2/c16-14-6-2-1-5-13(14)15(18)17(11-7-8-11)10-12-4-3-9-19-12/h1-6,9,11H,7-8,10H2. The van der Waals surface area contributed by atoms with Crippen molar-refractivity contribution in [3.05, 3.63) is 58.5 Å². The molecule has 3 nitrogen and oxygen atoms in total. The molecule has 3 rings (SSSR count). The summed E-state index contributed by atoms with van der Waals surface area (Å²) < 4.78 is 6.19. The summed E-state index contributed by atoms with van der Waals surface area (Å²) in [6.07, 6.45) is 3.80. The fourth-order valence-corrected chi connectivity index (χ4v) is 2.57. The van der Waals surface area contributed by atoms with Crippen LogP contribution in [0.1, 0.15) is 29.0 Å². The van der Waals surface area contributed by atoms with E-state index in [9.17, 15) is 4.79 Å². The van der Waals surface area contributed by atoms with Gasteiger partial charge in [0.05, 0.1) is 18.4 Å². The Morgan fingerprint density at radius 1 is 1.26 bits per heavy atom. The Morgan fingerprint density at radius 2 is 2.05 bits per heavy atom. The van der Waals surface area contributed by atoms with Crippen LogP contribution in [0.3, 0.4) is 0 Å². The first-order chi connectivity index (χ1) is 9.25. The van der Waals surface area contributed by atoms with Crippen LogP contribution in [-0.4, -0.2) is 16.8 Å². The molecule has 1 saturated carbocycles. The minimum Gasteiger partial charge on any atom is -0.467 e. The maximum atomic E-state index is 12.6. The van der Waals surface area contributed by atoms with E-state index in [1.165, 1.54) is 0 Å². The third-order valence-electron chi connectivity index (χ3n) is 3.26. The number of carbonyl (C=O) groups excluding carboxylic acids is 1. The van der Waals surface area contributed by atoms with Gasteiger partial charge in [0, 0.05) is 10.5 Å². The normalized spacial score (nSPS) is 14.4. The predicted molar refractivity (Wildman–Crippen MR) is 75.7 cm³/mol. The fraction of sp³-hybridized carbons (Fsp3) is 0.267. The lowest BCUT2D eigenvalue weighted by molar-refractivity contribution is 0.0716. The Labute approximate surface area is 120 Å². The van der Waals surface area contributed by atoms with Crippen molar-refractivity contribution in [2.75, 3.05) is 0 Å². The van der Waals surface area contributed by atoms with Crippen LogP contribution in [0.2, 0.25) is 0 Å². The summed E-state index contributed by atoms with van der Waals surface area (Å²) >= 11 is 3.44. The summed E-state index contributed by atoms with van der Waals surface area (Å²) in [5.41, 5.74) is 0.709. The van der Waals surface area contributed by atoms with E-state index in [0.717, 1.165) is 23.1 Å². The Bertz CT molecular complexity index is 576. The van der Waals surface area contributed by atoms with Crippen LogP contribution in [0.5, 0.6) is 0 Å². The molecule has 1 fully saturated rings. The van der Waals surface area contributed by atoms with Gasteiger partial charge >= 0.3 is 0 Å². The second kappa shape index (κ2) is 5.21. The molecule has 1 heterocycles. The largest absolute Gasteiger partial charge is 0.467 e. The molecule has 0 bridgehead atoms. The highest BCUT2D eigenvalue weighted by molar-refractivity contribution is 9.10. The van der Waals surface area contributed by atoms with E-state index >= 15 is 0 Å². The van der Waals surface area contributed by atoms with Gasteiger partial charge in [-0.25, -0.2) is 0 Å². The quantitative estimate of drug-likeness (QED) is 0.857. The number of amides is 1. The summed E-state index contributed by atoms with van der Waals surface area (Å²) in [5, 5.41) is 0. The van der Waals surface area contributed by atoms with E-state index in [-0.39, 0.29) is 5.91 Å². The van der Waals surface area contributed by atoms with E-state index in [1.54, 1.807) is 6.26 Å². The van der Waals surface area contributed by atoms with Gasteiger partial charge in [-0.2, -0.15) is 0 Å². The van der Waals surface area contributed by atoms with E-state index in [4.69, 9.17) is 4.42 Å². The Morgan fingerprint density at radius 3 is 2.68 bits per heavy atom. The van der Waals surface area contributed by atoms with Crippen LogP contribution in [-0.2, 0) is 6.54 Å². The van der Waals surface area contributed by atoms with Crippen molar-refractivity contribution < 1.29 is 9.21 Å². The molecule has 98 valence electrons. The van der Waals surface area contributed by atoms with Crippen molar-refractivity contribution in [2.24, 2.45) is 0 Å². The minimum atomic E-state index is 0.0615. The lowest BCUT2D eigenvalue weighted by atomic mass is 10.2. The zero-order valence-electron chi connectivity index (χ0n) is 10.4. The first kappa shape index (κ1) is 12.5. The number of rotatable bonds is 4. The van der Waals surface area contributed by atoms with E-state index in [2.05, 4.69) is 15.9 Å². The smallest absolute Gasteiger partial charge is 0.255 e. The van der Waals surface area contributed by atoms with E-state index in [0.29, 0.717) is 18.2 Å². The fourth-order valence-electron chi connectivity index (χ4n) is 2.11. The van der Waals surface area contributed by atoms with Gasteiger partial charge in [-0.1, -0.05) is 12.1 Å². The number of carbonyl (C=O) groups is 1. The second-order valence-electron chi connectivity index (χ2n) is 4.72. The van der Waals surface area contributed by atoms with Crippen LogP contribution in [0.15, 0.2) is 51.6 Å². The third-order valence-corrected chi connectivity index (χ3v) is 3.95. The molecule has 0 unspecified atom stereocenters. The summed E-state index contributed by atoms with van der Waals surface area (Å²) in [5.74, 6) is 0.888. The van der Waals surface area contributed by atoms with Crippen molar-refractivity contribution in [1.82, 2.24) is 4.90 Å². The van der Waals surface area contributed by atoms with Crippen LogP contribution in [0.4, 0.5) is 0 Å². The predicted octanol–water partition coefficient (Wildman–Crippen LogP) is 3.85. The van der Waals surface area contributed by atoms with Crippen LogP contribution >= 0.6 is 15.9 Å². The molecule has 1 aliphatic rings. The molecular weight excluding hydrogens is 306 g/mol. The molecule has 1 aromatic heterocycles. The molecule has 19 heavy (non-hydrogen) atoms. The minimum absolute atomic E-state index is 0.0615. The molecule has 0 saturated heterocycles. The molecule has 4 heteroatoms. The summed E-state index contributed by atoms with van der Waals surface area (Å²) in [7, 11) is 0. The van der Waals surface area contributed by atoms with Gasteiger partial charge in [0.15, 0.2) is 0 Å². The zero-order chi connectivity index (χ0) is 13.2. The topological polar surface area (TPSA) is 33.5 Å². The number of nitrogens with zero attached hydrogens (tertiary/aromatic N) is 1. The molecule has 0 aliphatic heterocycles. The Balaban J connectivity index is 1.84. The second-order valence-corrected chi connectivity index (χ2v) is 5.58. The van der Waals surface area contributed by atoms with Crippen LogP contribution in [0.25, 0.3) is 0 Å². The Kier molecular flexibility index (Phi) is 3.42. The van der Waals surface area contributed by atoms with Crippen molar-refractivity contribution in [2.45, 2.75) is 25.4 Å². The lowest BCUT2D eigenvalue weighted by Crippen LogP contribution is -2.32. The summed E-state index contributed by atoms with van der Waals surface area (Å²) in [6.45, 7) is 0.540. The van der Waals surface area contributed by atoms with Gasteiger partial charge in [0.1, 0.15) is 5.76 Å². The van der Waals surface area contributed by atoms with Gasteiger partial charge in [-0.3, -0.25) is 4.79 Å². The van der Waals surface area contributed by atoms with Crippen molar-refractivity contribution in [1.29, 1.82) is 0 Å². The van der Waals surface area contributed by atoms with Crippen LogP contribution < -0.4 is 0 Å². The molecule has 1 aliphatic carbocycles. The number of hydrogen-bond donors (Lipinski definition) is 0. The average Bonchev–Trinajstić information content (AvgIpc) is 3.13. The molecule has 2 aromatic rings. The van der Waals surface area contributed by atoms with Gasteiger partial charge in [-0.05, 0) is 53.0 Å². The maximum Gasteiger partial charge on any atom is 0.255 e. The van der Waals surface area contributed by atoms with Gasteiger partial charge in [-0.15, -0.1) is 0 Å². The third kappa shape index (κ3) is 2.73. The highest BCUT2D eigenvalue weighted by Gasteiger charge is 2.34. The molecular formula is C15H14BrNO2. The summed E-state index contributed by atoms with van der Waals surface area (Å²) in [4.78, 5) is 14.5. The number of benzene rings is 1. The first-order valence-electron chi connectivity index (χ1n) is 6.33. The number of hydrogen-bond acceptors (Lipinski definition) is 2. The van der Waals surface area contributed by atoms with E-state index in [1.807, 2.05) is 41.3 Å². The lowest BCUT2D eigenvalue weighted by Gasteiger charge is -2.22.